The van der Waals surface area contributed by atoms with Gasteiger partial charge in [0, 0.05) is 52.6 Å². The van der Waals surface area contributed by atoms with Crippen LogP contribution in [0.2, 0.25) is 0 Å². The van der Waals surface area contributed by atoms with Crippen molar-refractivity contribution in [3.8, 4) is 5.75 Å². The van der Waals surface area contributed by atoms with E-state index in [0.29, 0.717) is 5.39 Å². The lowest BCUT2D eigenvalue weighted by Gasteiger charge is -2.12. The summed E-state index contributed by atoms with van der Waals surface area (Å²) >= 11 is 0. The van der Waals surface area contributed by atoms with Gasteiger partial charge in [0.25, 0.3) is 0 Å². The van der Waals surface area contributed by atoms with E-state index >= 15 is 0 Å². The second-order valence-corrected chi connectivity index (χ2v) is 7.59. The molecule has 0 aliphatic carbocycles. The van der Waals surface area contributed by atoms with Crippen LogP contribution in [-0.4, -0.2) is 44.3 Å². The Morgan fingerprint density at radius 3 is 2.64 bits per heavy atom. The molecular weight excluding hydrogens is 484 g/mol. The van der Waals surface area contributed by atoms with Crippen molar-refractivity contribution < 1.29 is 31.8 Å². The fraction of sp³-hybridized carbons (Fsp3) is 0.174. The Hall–Kier alpha value is -4.55. The van der Waals surface area contributed by atoms with Crippen LogP contribution < -0.4 is 10.1 Å². The molecule has 0 unspecified atom stereocenters. The normalized spacial score (nSPS) is 11.8. The van der Waals surface area contributed by atoms with Gasteiger partial charge < -0.3 is 14.8 Å². The molecule has 0 saturated carbocycles. The molecule has 13 heteroatoms. The van der Waals surface area contributed by atoms with Crippen molar-refractivity contribution in [1.29, 1.82) is 0 Å². The minimum absolute atomic E-state index is 0.0108. The second-order valence-electron chi connectivity index (χ2n) is 7.59. The number of benzene rings is 1. The number of nitrogens with one attached hydrogen (secondary N) is 1. The Morgan fingerprint density at radius 1 is 1.11 bits per heavy atom. The minimum Gasteiger partial charge on any atom is -0.497 e. The quantitative estimate of drug-likeness (QED) is 0.206. The highest BCUT2D eigenvalue weighted by molar-refractivity contribution is 6.18. The molecule has 0 saturated heterocycles. The molecule has 184 valence electrons. The van der Waals surface area contributed by atoms with Gasteiger partial charge in [-0.05, 0) is 19.1 Å². The fourth-order valence-corrected chi connectivity index (χ4v) is 3.83. The number of aromatic nitrogens is 5. The van der Waals surface area contributed by atoms with Crippen LogP contribution >= 0.6 is 0 Å². The van der Waals surface area contributed by atoms with E-state index in [1.165, 1.54) is 43.9 Å². The van der Waals surface area contributed by atoms with Crippen molar-refractivity contribution in [2.24, 2.45) is 0 Å². The largest absolute Gasteiger partial charge is 0.497 e. The number of rotatable bonds is 5. The van der Waals surface area contributed by atoms with Crippen LogP contribution in [0.4, 0.5) is 29.2 Å². The number of carbonyl (C=O) groups excluding carboxylic acids is 1. The SMILES string of the molecule is CCOC(=O)c1cncc2c3cnc(Nc4cc(F)cc(OC)c4)nc3n3nc(C(F)(F)F)cc3c12. The lowest BCUT2D eigenvalue weighted by molar-refractivity contribution is -0.141. The summed E-state index contributed by atoms with van der Waals surface area (Å²) in [6.07, 6.45) is -0.780. The highest BCUT2D eigenvalue weighted by atomic mass is 19.4. The van der Waals surface area contributed by atoms with Gasteiger partial charge in [-0.3, -0.25) is 4.98 Å². The van der Waals surface area contributed by atoms with Crippen molar-refractivity contribution in [1.82, 2.24) is 24.6 Å². The number of anilines is 2. The van der Waals surface area contributed by atoms with Crippen LogP contribution in [0.15, 0.2) is 42.9 Å². The number of halogens is 4. The highest BCUT2D eigenvalue weighted by Crippen LogP contribution is 2.35. The summed E-state index contributed by atoms with van der Waals surface area (Å²) in [5.41, 5.74) is -0.954. The third-order valence-electron chi connectivity index (χ3n) is 5.32. The molecule has 5 rings (SSSR count). The van der Waals surface area contributed by atoms with Crippen LogP contribution in [0.25, 0.3) is 27.3 Å². The van der Waals surface area contributed by atoms with Crippen LogP contribution in [0.3, 0.4) is 0 Å². The fourth-order valence-electron chi connectivity index (χ4n) is 3.83. The zero-order valence-corrected chi connectivity index (χ0v) is 18.7. The maximum absolute atomic E-state index is 13.9. The van der Waals surface area contributed by atoms with E-state index in [1.54, 1.807) is 6.92 Å². The van der Waals surface area contributed by atoms with E-state index in [4.69, 9.17) is 9.47 Å². The Morgan fingerprint density at radius 2 is 1.92 bits per heavy atom. The van der Waals surface area contributed by atoms with E-state index in [-0.39, 0.29) is 51.5 Å². The second kappa shape index (κ2) is 8.59. The Labute approximate surface area is 199 Å². The Bertz CT molecular complexity index is 1650. The number of alkyl halides is 3. The molecule has 4 aromatic heterocycles. The summed E-state index contributed by atoms with van der Waals surface area (Å²) in [5, 5.41) is 7.31. The number of carbonyl (C=O) groups is 1. The van der Waals surface area contributed by atoms with Crippen molar-refractivity contribution in [3.05, 3.63) is 59.9 Å². The van der Waals surface area contributed by atoms with Crippen LogP contribution in [-0.2, 0) is 10.9 Å². The monoisotopic (exact) mass is 500 g/mol. The standard InChI is InChI=1S/C23H16F4N6O3/c1-3-36-21(34)16-9-28-8-14-15-10-29-22(30-12-4-11(24)5-13(6-12)35-2)31-20(15)33-17(19(14)16)7-18(32-33)23(25,26)27/h4-10H,3H2,1-2H3,(H,29,30,31). The average molecular weight is 500 g/mol. The number of hydrogen-bond acceptors (Lipinski definition) is 8. The van der Waals surface area contributed by atoms with Crippen LogP contribution in [0.1, 0.15) is 23.0 Å². The zero-order chi connectivity index (χ0) is 25.6. The molecule has 0 amide bonds. The number of fused-ring (bicyclic) bond motifs is 6. The lowest BCUT2D eigenvalue weighted by atomic mass is 10.1. The average Bonchev–Trinajstić information content (AvgIpc) is 3.30. The molecule has 0 aliphatic heterocycles. The summed E-state index contributed by atoms with van der Waals surface area (Å²) in [7, 11) is 1.38. The van der Waals surface area contributed by atoms with E-state index in [2.05, 4.69) is 25.4 Å². The highest BCUT2D eigenvalue weighted by Gasteiger charge is 2.35. The van der Waals surface area contributed by atoms with Gasteiger partial charge in [0.05, 0.1) is 24.8 Å². The maximum Gasteiger partial charge on any atom is 0.435 e. The van der Waals surface area contributed by atoms with Crippen LogP contribution in [0.5, 0.6) is 5.75 Å². The zero-order valence-electron chi connectivity index (χ0n) is 18.7. The first kappa shape index (κ1) is 23.2. The molecule has 9 nitrogen and oxygen atoms in total. The molecule has 0 spiro atoms. The predicted molar refractivity (Wildman–Crippen MR) is 121 cm³/mol. The van der Waals surface area contributed by atoms with Crippen molar-refractivity contribution in [2.45, 2.75) is 13.1 Å². The number of hydrogen-bond donors (Lipinski definition) is 1. The summed E-state index contributed by atoms with van der Waals surface area (Å²) in [6, 6.07) is 4.69. The topological polar surface area (TPSA) is 104 Å². The molecule has 0 radical (unpaired) electrons. The first-order chi connectivity index (χ1) is 17.2. The maximum atomic E-state index is 13.9. The number of methoxy groups -OCH3 is 1. The molecule has 0 aliphatic rings. The van der Waals surface area contributed by atoms with Gasteiger partial charge in [0.1, 0.15) is 11.6 Å². The minimum atomic E-state index is -4.76. The molecule has 1 N–H and O–H groups in total. The Balaban J connectivity index is 1.78. The molecule has 0 fully saturated rings. The van der Waals surface area contributed by atoms with Gasteiger partial charge in [-0.15, -0.1) is 0 Å². The molecule has 4 heterocycles. The van der Waals surface area contributed by atoms with E-state index < -0.39 is 23.7 Å². The number of pyridine rings is 2. The molecule has 36 heavy (non-hydrogen) atoms. The van der Waals surface area contributed by atoms with Gasteiger partial charge >= 0.3 is 12.1 Å². The first-order valence-electron chi connectivity index (χ1n) is 10.5. The third-order valence-corrected chi connectivity index (χ3v) is 5.32. The molecular formula is C23H16F4N6O3. The van der Waals surface area contributed by atoms with Crippen molar-refractivity contribution in [2.75, 3.05) is 19.0 Å². The predicted octanol–water partition coefficient (Wildman–Crippen LogP) is 4.91. The number of ether oxygens (including phenoxy) is 2. The molecule has 5 aromatic rings. The first-order valence-corrected chi connectivity index (χ1v) is 10.5. The lowest BCUT2D eigenvalue weighted by Crippen LogP contribution is -2.08. The van der Waals surface area contributed by atoms with E-state index in [9.17, 15) is 22.4 Å². The summed E-state index contributed by atoms with van der Waals surface area (Å²) in [4.78, 5) is 25.2. The van der Waals surface area contributed by atoms with Gasteiger partial charge in [-0.1, -0.05) is 0 Å². The van der Waals surface area contributed by atoms with E-state index in [0.717, 1.165) is 10.6 Å². The third kappa shape index (κ3) is 3.97. The van der Waals surface area contributed by atoms with Crippen LogP contribution in [0, 0.1) is 5.82 Å². The van der Waals surface area contributed by atoms with Crippen molar-refractivity contribution >= 4 is 44.9 Å². The van der Waals surface area contributed by atoms with Crippen molar-refractivity contribution in [3.63, 3.8) is 0 Å². The molecule has 0 atom stereocenters. The van der Waals surface area contributed by atoms with Gasteiger partial charge in [0.2, 0.25) is 5.95 Å². The summed E-state index contributed by atoms with van der Waals surface area (Å²) in [6.45, 7) is 1.67. The number of esters is 1. The van der Waals surface area contributed by atoms with Gasteiger partial charge in [-0.2, -0.15) is 23.3 Å². The molecule has 0 bridgehead atoms. The van der Waals surface area contributed by atoms with Gasteiger partial charge in [-0.25, -0.2) is 18.7 Å². The van der Waals surface area contributed by atoms with Gasteiger partial charge in [0.15, 0.2) is 11.3 Å². The summed E-state index contributed by atoms with van der Waals surface area (Å²) < 4.78 is 65.8. The smallest absolute Gasteiger partial charge is 0.435 e. The molecule has 1 aromatic carbocycles. The Kier molecular flexibility index (Phi) is 5.54. The summed E-state index contributed by atoms with van der Waals surface area (Å²) in [5.74, 6) is -1.11. The van der Waals surface area contributed by atoms with E-state index in [1.807, 2.05) is 0 Å². The number of nitrogens with zero attached hydrogens (tertiary/aromatic N) is 5.